The second-order valence-corrected chi connectivity index (χ2v) is 9.55. The van der Waals surface area contributed by atoms with E-state index in [1.807, 2.05) is 54.6 Å². The van der Waals surface area contributed by atoms with Gasteiger partial charge in [0.15, 0.2) is 5.78 Å². The number of nitrogens with zero attached hydrogens (tertiary/aromatic N) is 4. The zero-order valence-electron chi connectivity index (χ0n) is 20.6. The Balaban J connectivity index is 1.28. The topological polar surface area (TPSA) is 80.2 Å². The highest BCUT2D eigenvalue weighted by Gasteiger charge is 2.18. The van der Waals surface area contributed by atoms with Gasteiger partial charge in [-0.3, -0.25) is 14.7 Å². The Morgan fingerprint density at radius 2 is 2.08 bits per heavy atom. The zero-order chi connectivity index (χ0) is 25.6. The third-order valence-corrected chi connectivity index (χ3v) is 6.75. The molecule has 1 aliphatic rings. The number of aromatic nitrogens is 3. The van der Waals surface area contributed by atoms with Gasteiger partial charge in [-0.2, -0.15) is 0 Å². The van der Waals surface area contributed by atoms with Crippen molar-refractivity contribution in [1.29, 1.82) is 0 Å². The van der Waals surface area contributed by atoms with Gasteiger partial charge >= 0.3 is 0 Å². The standard InChI is InChI=1S/C29H28ClN5O2/c1-35-14-4-6-23(35)9-10-24(36)15-20-7-11-27-25(16-20)29(33-19-32-27)34-21-8-12-28(26(30)17-21)37-18-22-5-2-3-13-31-22/h2-3,5,7-13,16-17,19,23H,4,6,14-15,18H2,1H3,(H,32,33,34)/b10-9+/t23-/m0/s1. The quantitative estimate of drug-likeness (QED) is 0.285. The summed E-state index contributed by atoms with van der Waals surface area (Å²) in [4.78, 5) is 28.0. The van der Waals surface area contributed by atoms with E-state index in [1.165, 1.54) is 12.7 Å². The first kappa shape index (κ1) is 24.9. The largest absolute Gasteiger partial charge is 0.486 e. The Morgan fingerprint density at radius 1 is 1.16 bits per heavy atom. The molecule has 0 spiro atoms. The number of likely N-dealkylation sites (N-methyl/N-ethyl adjacent to an activating group) is 1. The van der Waals surface area contributed by atoms with E-state index < -0.39 is 0 Å². The minimum atomic E-state index is 0.0825. The van der Waals surface area contributed by atoms with Gasteiger partial charge in [0, 0.05) is 29.7 Å². The highest BCUT2D eigenvalue weighted by molar-refractivity contribution is 6.32. The summed E-state index contributed by atoms with van der Waals surface area (Å²) >= 11 is 6.48. The predicted molar refractivity (Wildman–Crippen MR) is 146 cm³/mol. The molecule has 0 bridgehead atoms. The van der Waals surface area contributed by atoms with Crippen molar-refractivity contribution in [2.24, 2.45) is 0 Å². The van der Waals surface area contributed by atoms with Crippen molar-refractivity contribution in [2.45, 2.75) is 31.9 Å². The SMILES string of the molecule is CN1CCC[C@H]1/C=C/C(=O)Cc1ccc2ncnc(Nc3ccc(OCc4ccccn4)c(Cl)c3)c2c1. The van der Waals surface area contributed by atoms with Gasteiger partial charge in [-0.25, -0.2) is 9.97 Å². The number of anilines is 2. The average molecular weight is 514 g/mol. The lowest BCUT2D eigenvalue weighted by atomic mass is 10.0. The van der Waals surface area contributed by atoms with Gasteiger partial charge in [-0.15, -0.1) is 0 Å². The van der Waals surface area contributed by atoms with Crippen LogP contribution in [0.4, 0.5) is 11.5 Å². The fraction of sp³-hybridized carbons (Fsp3) is 0.241. The monoisotopic (exact) mass is 513 g/mol. The van der Waals surface area contributed by atoms with E-state index in [0.29, 0.717) is 35.7 Å². The third-order valence-electron chi connectivity index (χ3n) is 6.46. The first-order valence-electron chi connectivity index (χ1n) is 12.3. The van der Waals surface area contributed by atoms with Gasteiger partial charge in [0.25, 0.3) is 0 Å². The lowest BCUT2D eigenvalue weighted by molar-refractivity contribution is -0.114. The van der Waals surface area contributed by atoms with Crippen LogP contribution >= 0.6 is 11.6 Å². The Labute approximate surface area is 221 Å². The number of hydrogen-bond acceptors (Lipinski definition) is 7. The molecule has 1 fully saturated rings. The molecule has 37 heavy (non-hydrogen) atoms. The summed E-state index contributed by atoms with van der Waals surface area (Å²) in [6.45, 7) is 1.41. The molecule has 5 rings (SSSR count). The van der Waals surface area contributed by atoms with Gasteiger partial charge in [-0.05, 0) is 80.5 Å². The van der Waals surface area contributed by atoms with Crippen LogP contribution in [0.1, 0.15) is 24.1 Å². The number of ether oxygens (including phenoxy) is 1. The van der Waals surface area contributed by atoms with E-state index >= 15 is 0 Å². The van der Waals surface area contributed by atoms with Crippen LogP contribution in [0, 0.1) is 0 Å². The highest BCUT2D eigenvalue weighted by atomic mass is 35.5. The second kappa shape index (κ2) is 11.5. The molecular formula is C29H28ClN5O2. The Bertz CT molecular complexity index is 1430. The van der Waals surface area contributed by atoms with Crippen LogP contribution in [0.5, 0.6) is 5.75 Å². The number of benzene rings is 2. The summed E-state index contributed by atoms with van der Waals surface area (Å²) in [6.07, 6.45) is 9.59. The number of pyridine rings is 1. The molecule has 8 heteroatoms. The number of carbonyl (C=O) groups excluding carboxylic acids is 1. The van der Waals surface area contributed by atoms with Gasteiger partial charge in [-0.1, -0.05) is 29.8 Å². The Morgan fingerprint density at radius 3 is 2.86 bits per heavy atom. The second-order valence-electron chi connectivity index (χ2n) is 9.15. The van der Waals surface area contributed by atoms with Crippen molar-refractivity contribution >= 4 is 39.8 Å². The minimum absolute atomic E-state index is 0.0825. The van der Waals surface area contributed by atoms with Crippen molar-refractivity contribution < 1.29 is 9.53 Å². The number of nitrogens with one attached hydrogen (secondary N) is 1. The van der Waals surface area contributed by atoms with Crippen molar-refractivity contribution in [2.75, 3.05) is 18.9 Å². The Kier molecular flexibility index (Phi) is 7.73. The highest BCUT2D eigenvalue weighted by Crippen LogP contribution is 2.31. The molecule has 1 atom stereocenters. The maximum Gasteiger partial charge on any atom is 0.159 e. The van der Waals surface area contributed by atoms with Crippen LogP contribution < -0.4 is 10.1 Å². The van der Waals surface area contributed by atoms with Crippen molar-refractivity contribution in [3.05, 3.63) is 95.6 Å². The van der Waals surface area contributed by atoms with E-state index in [-0.39, 0.29) is 5.78 Å². The molecule has 0 amide bonds. The summed E-state index contributed by atoms with van der Waals surface area (Å²) in [5.41, 5.74) is 3.29. The summed E-state index contributed by atoms with van der Waals surface area (Å²) in [5.74, 6) is 1.29. The van der Waals surface area contributed by atoms with Gasteiger partial charge in [0.1, 0.15) is 24.5 Å². The van der Waals surface area contributed by atoms with E-state index in [1.54, 1.807) is 18.3 Å². The van der Waals surface area contributed by atoms with E-state index in [0.717, 1.165) is 40.8 Å². The molecule has 2 aromatic heterocycles. The first-order chi connectivity index (χ1) is 18.0. The van der Waals surface area contributed by atoms with Crippen molar-refractivity contribution in [3.63, 3.8) is 0 Å². The number of hydrogen-bond donors (Lipinski definition) is 1. The molecule has 0 aliphatic carbocycles. The smallest absolute Gasteiger partial charge is 0.159 e. The molecule has 1 saturated heterocycles. The minimum Gasteiger partial charge on any atom is -0.486 e. The lowest BCUT2D eigenvalue weighted by Crippen LogP contribution is -2.22. The van der Waals surface area contributed by atoms with Crippen molar-refractivity contribution in [1.82, 2.24) is 19.9 Å². The summed E-state index contributed by atoms with van der Waals surface area (Å²) < 4.78 is 5.82. The summed E-state index contributed by atoms with van der Waals surface area (Å²) in [7, 11) is 2.10. The molecule has 188 valence electrons. The van der Waals surface area contributed by atoms with Crippen molar-refractivity contribution in [3.8, 4) is 5.75 Å². The molecule has 3 heterocycles. The molecule has 0 saturated carbocycles. The lowest BCUT2D eigenvalue weighted by Gasteiger charge is -2.14. The summed E-state index contributed by atoms with van der Waals surface area (Å²) in [6, 6.07) is 17.3. The van der Waals surface area contributed by atoms with Gasteiger partial charge in [0.2, 0.25) is 0 Å². The third kappa shape index (κ3) is 6.31. The normalized spacial score (nSPS) is 15.9. The number of ketones is 1. The molecule has 0 unspecified atom stereocenters. The molecular weight excluding hydrogens is 486 g/mol. The van der Waals surface area contributed by atoms with Crippen LogP contribution in [0.15, 0.2) is 79.3 Å². The first-order valence-corrected chi connectivity index (χ1v) is 12.7. The Hall–Kier alpha value is -3.81. The van der Waals surface area contributed by atoms with Crippen LogP contribution in [0.3, 0.4) is 0 Å². The van der Waals surface area contributed by atoms with E-state index in [4.69, 9.17) is 16.3 Å². The van der Waals surface area contributed by atoms with E-state index in [2.05, 4.69) is 32.2 Å². The van der Waals surface area contributed by atoms with Gasteiger partial charge < -0.3 is 10.1 Å². The fourth-order valence-electron chi connectivity index (χ4n) is 4.44. The van der Waals surface area contributed by atoms with Crippen LogP contribution in [0.2, 0.25) is 5.02 Å². The molecule has 4 aromatic rings. The fourth-order valence-corrected chi connectivity index (χ4v) is 4.67. The number of likely N-dealkylation sites (tertiary alicyclic amines) is 1. The average Bonchev–Trinajstić information content (AvgIpc) is 3.32. The predicted octanol–water partition coefficient (Wildman–Crippen LogP) is 5.76. The van der Waals surface area contributed by atoms with E-state index in [9.17, 15) is 4.79 Å². The number of allylic oxidation sites excluding steroid dienone is 1. The van der Waals surface area contributed by atoms with Crippen LogP contribution in [-0.4, -0.2) is 45.3 Å². The molecule has 7 nitrogen and oxygen atoms in total. The molecule has 2 aromatic carbocycles. The molecule has 1 N–H and O–H groups in total. The number of halogens is 1. The molecule has 0 radical (unpaired) electrons. The number of carbonyl (C=O) groups is 1. The maximum atomic E-state index is 12.6. The van der Waals surface area contributed by atoms with Crippen LogP contribution in [-0.2, 0) is 17.8 Å². The molecule has 1 aliphatic heterocycles. The zero-order valence-corrected chi connectivity index (χ0v) is 21.4. The number of fused-ring (bicyclic) bond motifs is 1. The number of rotatable bonds is 9. The van der Waals surface area contributed by atoms with Crippen LogP contribution in [0.25, 0.3) is 10.9 Å². The maximum absolute atomic E-state index is 12.6. The summed E-state index contributed by atoms with van der Waals surface area (Å²) in [5, 5.41) is 4.64. The van der Waals surface area contributed by atoms with Gasteiger partial charge in [0.05, 0.1) is 16.2 Å².